The van der Waals surface area contributed by atoms with Crippen molar-refractivity contribution in [2.75, 3.05) is 20.1 Å². The van der Waals surface area contributed by atoms with Crippen molar-refractivity contribution in [1.29, 1.82) is 0 Å². The monoisotopic (exact) mass is 256 g/mol. The summed E-state index contributed by atoms with van der Waals surface area (Å²) in [7, 11) is 1.71. The average Bonchev–Trinajstić information content (AvgIpc) is 2.30. The molecule has 18 heavy (non-hydrogen) atoms. The normalized spacial score (nSPS) is 11.4. The second-order valence-corrected chi connectivity index (χ2v) is 4.58. The maximum absolute atomic E-state index is 12.2. The van der Waals surface area contributed by atoms with E-state index in [2.05, 4.69) is 12.2 Å². The van der Waals surface area contributed by atoms with Gasteiger partial charge in [-0.15, -0.1) is 0 Å². The number of halogens is 2. The Balaban J connectivity index is 2.39. The molecule has 0 spiro atoms. The highest BCUT2D eigenvalue weighted by Crippen LogP contribution is 2.08. The number of hydrogen-bond donors (Lipinski definition) is 1. The minimum atomic E-state index is -2.27. The molecule has 1 aromatic carbocycles. The van der Waals surface area contributed by atoms with Gasteiger partial charge in [-0.25, -0.2) is 8.78 Å². The van der Waals surface area contributed by atoms with Gasteiger partial charge in [-0.1, -0.05) is 31.2 Å². The van der Waals surface area contributed by atoms with E-state index in [1.54, 1.807) is 11.9 Å². The summed E-state index contributed by atoms with van der Waals surface area (Å²) in [5, 5.41) is 3.33. The molecule has 0 bridgehead atoms. The van der Waals surface area contributed by atoms with Gasteiger partial charge in [0.05, 0.1) is 6.54 Å². The van der Waals surface area contributed by atoms with E-state index in [1.165, 1.54) is 5.56 Å². The molecular weight excluding hydrogens is 234 g/mol. The molecule has 1 N–H and O–H groups in total. The summed E-state index contributed by atoms with van der Waals surface area (Å²) in [6.07, 6.45) is -1.15. The number of rotatable bonds is 8. The Labute approximate surface area is 108 Å². The molecular formula is C14H22F2N2. The van der Waals surface area contributed by atoms with Crippen LogP contribution in [-0.4, -0.2) is 31.5 Å². The van der Waals surface area contributed by atoms with Crippen molar-refractivity contribution < 1.29 is 8.78 Å². The molecule has 0 amide bonds. The molecule has 0 aliphatic carbocycles. The smallest absolute Gasteiger partial charge is 0.251 e. The molecule has 0 radical (unpaired) electrons. The highest BCUT2D eigenvalue weighted by Gasteiger charge is 2.07. The molecule has 102 valence electrons. The second-order valence-electron chi connectivity index (χ2n) is 4.58. The largest absolute Gasteiger partial charge is 0.313 e. The summed E-state index contributed by atoms with van der Waals surface area (Å²) >= 11 is 0. The molecule has 1 rings (SSSR count). The van der Waals surface area contributed by atoms with Gasteiger partial charge in [0.25, 0.3) is 6.43 Å². The first-order chi connectivity index (χ1) is 8.61. The van der Waals surface area contributed by atoms with Gasteiger partial charge >= 0.3 is 0 Å². The zero-order valence-electron chi connectivity index (χ0n) is 11.1. The lowest BCUT2D eigenvalue weighted by atomic mass is 10.1. The standard InChI is InChI=1S/C14H22F2N2/c1-3-8-17-9-12-4-6-13(7-5-12)10-18(2)11-14(15)16/h4-7,14,17H,3,8-11H2,1-2H3. The van der Waals surface area contributed by atoms with Crippen LogP contribution in [0, 0.1) is 0 Å². The highest BCUT2D eigenvalue weighted by molar-refractivity contribution is 5.22. The van der Waals surface area contributed by atoms with Crippen molar-refractivity contribution in [1.82, 2.24) is 10.2 Å². The van der Waals surface area contributed by atoms with Gasteiger partial charge < -0.3 is 5.32 Å². The molecule has 0 heterocycles. The molecule has 0 atom stereocenters. The van der Waals surface area contributed by atoms with Crippen LogP contribution in [0.15, 0.2) is 24.3 Å². The van der Waals surface area contributed by atoms with Crippen molar-refractivity contribution in [2.45, 2.75) is 32.9 Å². The molecule has 0 fully saturated rings. The fourth-order valence-corrected chi connectivity index (χ4v) is 1.78. The first-order valence-corrected chi connectivity index (χ1v) is 6.37. The van der Waals surface area contributed by atoms with E-state index in [-0.39, 0.29) is 6.54 Å². The van der Waals surface area contributed by atoms with Gasteiger partial charge in [-0.2, -0.15) is 0 Å². The summed E-state index contributed by atoms with van der Waals surface area (Å²) < 4.78 is 24.4. The molecule has 1 aromatic rings. The molecule has 4 heteroatoms. The average molecular weight is 256 g/mol. The van der Waals surface area contributed by atoms with Crippen LogP contribution in [-0.2, 0) is 13.1 Å². The zero-order valence-corrected chi connectivity index (χ0v) is 11.1. The zero-order chi connectivity index (χ0) is 13.4. The van der Waals surface area contributed by atoms with E-state index in [0.29, 0.717) is 6.54 Å². The van der Waals surface area contributed by atoms with Crippen LogP contribution in [0.2, 0.25) is 0 Å². The van der Waals surface area contributed by atoms with Crippen LogP contribution >= 0.6 is 0 Å². The SMILES string of the molecule is CCCNCc1ccc(CN(C)CC(F)F)cc1. The van der Waals surface area contributed by atoms with Gasteiger partial charge in [0.1, 0.15) is 0 Å². The lowest BCUT2D eigenvalue weighted by Crippen LogP contribution is -2.24. The predicted octanol–water partition coefficient (Wildman–Crippen LogP) is 2.88. The van der Waals surface area contributed by atoms with Crippen molar-refractivity contribution >= 4 is 0 Å². The molecule has 0 aromatic heterocycles. The van der Waals surface area contributed by atoms with Gasteiger partial charge in [-0.05, 0) is 31.1 Å². The lowest BCUT2D eigenvalue weighted by molar-refractivity contribution is 0.0975. The first-order valence-electron chi connectivity index (χ1n) is 6.37. The fourth-order valence-electron chi connectivity index (χ4n) is 1.78. The fraction of sp³-hybridized carbons (Fsp3) is 0.571. The number of hydrogen-bond acceptors (Lipinski definition) is 2. The summed E-state index contributed by atoms with van der Waals surface area (Å²) in [6, 6.07) is 8.11. The van der Waals surface area contributed by atoms with E-state index in [1.807, 2.05) is 24.3 Å². The van der Waals surface area contributed by atoms with Crippen LogP contribution in [0.25, 0.3) is 0 Å². The van der Waals surface area contributed by atoms with Crippen LogP contribution < -0.4 is 5.32 Å². The van der Waals surface area contributed by atoms with Crippen LogP contribution in [0.5, 0.6) is 0 Å². The number of benzene rings is 1. The second kappa shape index (κ2) is 8.16. The molecule has 0 unspecified atom stereocenters. The van der Waals surface area contributed by atoms with Crippen molar-refractivity contribution in [3.8, 4) is 0 Å². The van der Waals surface area contributed by atoms with Crippen molar-refractivity contribution in [3.05, 3.63) is 35.4 Å². The van der Waals surface area contributed by atoms with Crippen LogP contribution in [0.4, 0.5) is 8.78 Å². The van der Waals surface area contributed by atoms with Crippen LogP contribution in [0.1, 0.15) is 24.5 Å². The number of alkyl halides is 2. The number of nitrogens with zero attached hydrogens (tertiary/aromatic N) is 1. The Morgan fingerprint density at radius 3 is 2.33 bits per heavy atom. The molecule has 0 saturated heterocycles. The van der Waals surface area contributed by atoms with E-state index in [4.69, 9.17) is 0 Å². The minimum Gasteiger partial charge on any atom is -0.313 e. The van der Waals surface area contributed by atoms with Crippen molar-refractivity contribution in [3.63, 3.8) is 0 Å². The maximum Gasteiger partial charge on any atom is 0.251 e. The molecule has 0 saturated carbocycles. The summed E-state index contributed by atoms with van der Waals surface area (Å²) in [4.78, 5) is 1.63. The quantitative estimate of drug-likeness (QED) is 0.719. The minimum absolute atomic E-state index is 0.181. The Bertz CT molecular complexity index is 325. The van der Waals surface area contributed by atoms with Crippen LogP contribution in [0.3, 0.4) is 0 Å². The predicted molar refractivity (Wildman–Crippen MR) is 70.8 cm³/mol. The topological polar surface area (TPSA) is 15.3 Å². The Kier molecular flexibility index (Phi) is 6.83. The van der Waals surface area contributed by atoms with E-state index >= 15 is 0 Å². The third-order valence-electron chi connectivity index (χ3n) is 2.68. The van der Waals surface area contributed by atoms with E-state index in [9.17, 15) is 8.78 Å². The maximum atomic E-state index is 12.2. The van der Waals surface area contributed by atoms with Gasteiger partial charge in [-0.3, -0.25) is 4.90 Å². The third-order valence-corrected chi connectivity index (χ3v) is 2.68. The molecule has 2 nitrogen and oxygen atoms in total. The Morgan fingerprint density at radius 1 is 1.17 bits per heavy atom. The van der Waals surface area contributed by atoms with Gasteiger partial charge in [0.2, 0.25) is 0 Å². The lowest BCUT2D eigenvalue weighted by Gasteiger charge is -2.16. The third kappa shape index (κ3) is 6.07. The summed E-state index contributed by atoms with van der Waals surface area (Å²) in [5.74, 6) is 0. The Morgan fingerprint density at radius 2 is 1.78 bits per heavy atom. The first kappa shape index (κ1) is 15.1. The van der Waals surface area contributed by atoms with E-state index < -0.39 is 6.43 Å². The van der Waals surface area contributed by atoms with Crippen molar-refractivity contribution in [2.24, 2.45) is 0 Å². The number of nitrogens with one attached hydrogen (secondary N) is 1. The van der Waals surface area contributed by atoms with Gasteiger partial charge in [0, 0.05) is 13.1 Å². The molecule has 0 aliphatic rings. The summed E-state index contributed by atoms with van der Waals surface area (Å²) in [6.45, 7) is 4.39. The summed E-state index contributed by atoms with van der Waals surface area (Å²) in [5.41, 5.74) is 2.29. The molecule has 0 aliphatic heterocycles. The van der Waals surface area contributed by atoms with E-state index in [0.717, 1.165) is 25.1 Å². The highest BCUT2D eigenvalue weighted by atomic mass is 19.3. The van der Waals surface area contributed by atoms with Gasteiger partial charge in [0.15, 0.2) is 0 Å². The Hall–Kier alpha value is -1.00.